The highest BCUT2D eigenvalue weighted by molar-refractivity contribution is 7.80. The Balaban J connectivity index is 2.34. The molecule has 0 radical (unpaired) electrons. The van der Waals surface area contributed by atoms with Crippen molar-refractivity contribution in [2.45, 2.75) is 44.1 Å². The van der Waals surface area contributed by atoms with Gasteiger partial charge >= 0.3 is 0 Å². The smallest absolute Gasteiger partial charge is 0.0587 e. The van der Waals surface area contributed by atoms with Crippen molar-refractivity contribution in [3.05, 3.63) is 29.8 Å². The van der Waals surface area contributed by atoms with E-state index in [9.17, 15) is 0 Å². The first-order valence-corrected chi connectivity index (χ1v) is 6.06. The van der Waals surface area contributed by atoms with Gasteiger partial charge in [0.25, 0.3) is 0 Å². The molecule has 0 bridgehead atoms. The van der Waals surface area contributed by atoms with Crippen molar-refractivity contribution in [2.24, 2.45) is 0 Å². The maximum atomic E-state index is 5.70. The summed E-state index contributed by atoms with van der Waals surface area (Å²) in [4.78, 5) is 1.02. The number of unbranched alkanes of at least 4 members (excludes halogenated alkanes) is 1. The second-order valence-electron chi connectivity index (χ2n) is 3.91. The molecule has 15 heavy (non-hydrogen) atoms. The Morgan fingerprint density at radius 3 is 2.87 bits per heavy atom. The normalized spacial score (nSPS) is 12.7. The number of benzene rings is 1. The summed E-state index contributed by atoms with van der Waals surface area (Å²) < 4.78 is 5.70. The van der Waals surface area contributed by atoms with Crippen molar-refractivity contribution in [3.8, 4) is 0 Å². The van der Waals surface area contributed by atoms with Crippen molar-refractivity contribution in [1.82, 2.24) is 0 Å². The van der Waals surface area contributed by atoms with Gasteiger partial charge in [-0.1, -0.05) is 25.5 Å². The molecular weight excluding hydrogens is 204 g/mol. The summed E-state index contributed by atoms with van der Waals surface area (Å²) in [6, 6.07) is 8.26. The van der Waals surface area contributed by atoms with E-state index in [1.807, 2.05) is 12.1 Å². The minimum atomic E-state index is 0.298. The van der Waals surface area contributed by atoms with E-state index in [1.54, 1.807) is 0 Å². The minimum Gasteiger partial charge on any atom is -0.378 e. The lowest BCUT2D eigenvalue weighted by Crippen LogP contribution is -2.12. The Labute approximate surface area is 98.3 Å². The second-order valence-corrected chi connectivity index (χ2v) is 4.43. The predicted molar refractivity (Wildman–Crippen MR) is 67.7 cm³/mol. The molecule has 0 aliphatic heterocycles. The fraction of sp³-hybridized carbons (Fsp3) is 0.538. The lowest BCUT2D eigenvalue weighted by Gasteiger charge is -2.12. The quantitative estimate of drug-likeness (QED) is 0.572. The van der Waals surface area contributed by atoms with Gasteiger partial charge in [-0.2, -0.15) is 0 Å². The van der Waals surface area contributed by atoms with Gasteiger partial charge < -0.3 is 4.74 Å². The molecule has 2 heteroatoms. The van der Waals surface area contributed by atoms with Gasteiger partial charge in [-0.25, -0.2) is 0 Å². The van der Waals surface area contributed by atoms with E-state index in [0.29, 0.717) is 6.10 Å². The zero-order valence-electron chi connectivity index (χ0n) is 9.57. The van der Waals surface area contributed by atoms with E-state index in [2.05, 4.69) is 38.6 Å². The largest absolute Gasteiger partial charge is 0.378 e. The van der Waals surface area contributed by atoms with Crippen molar-refractivity contribution in [1.29, 1.82) is 0 Å². The standard InChI is InChI=1S/C13H20OS/c1-3-4-8-14-11(2)9-12-6-5-7-13(15)10-12/h5-7,10-11,15H,3-4,8-9H2,1-2H3. The summed E-state index contributed by atoms with van der Waals surface area (Å²) in [5.41, 5.74) is 1.30. The highest BCUT2D eigenvalue weighted by atomic mass is 32.1. The molecule has 0 aliphatic carbocycles. The van der Waals surface area contributed by atoms with Gasteiger partial charge in [-0.15, -0.1) is 12.6 Å². The Morgan fingerprint density at radius 2 is 2.20 bits per heavy atom. The molecule has 0 saturated carbocycles. The molecule has 0 fully saturated rings. The maximum Gasteiger partial charge on any atom is 0.0587 e. The Hall–Kier alpha value is -0.470. The first-order chi connectivity index (χ1) is 7.22. The average Bonchev–Trinajstić information content (AvgIpc) is 2.18. The number of thiol groups is 1. The van der Waals surface area contributed by atoms with Crippen molar-refractivity contribution in [2.75, 3.05) is 6.61 Å². The molecule has 1 aromatic rings. The minimum absolute atomic E-state index is 0.298. The van der Waals surface area contributed by atoms with Gasteiger partial charge in [0.15, 0.2) is 0 Å². The summed E-state index contributed by atoms with van der Waals surface area (Å²) in [5.74, 6) is 0. The molecule has 0 aromatic heterocycles. The molecule has 1 unspecified atom stereocenters. The van der Waals surface area contributed by atoms with Crippen molar-refractivity contribution >= 4 is 12.6 Å². The Kier molecular flexibility index (Phi) is 5.81. The van der Waals surface area contributed by atoms with Crippen LogP contribution in [0.2, 0.25) is 0 Å². The van der Waals surface area contributed by atoms with Gasteiger partial charge in [0.2, 0.25) is 0 Å². The lowest BCUT2D eigenvalue weighted by atomic mass is 10.1. The molecule has 1 atom stereocenters. The molecule has 0 heterocycles. The van der Waals surface area contributed by atoms with E-state index >= 15 is 0 Å². The van der Waals surface area contributed by atoms with Crippen LogP contribution in [-0.4, -0.2) is 12.7 Å². The second kappa shape index (κ2) is 6.91. The molecule has 0 amide bonds. The van der Waals surface area contributed by atoms with Crippen molar-refractivity contribution in [3.63, 3.8) is 0 Å². The van der Waals surface area contributed by atoms with E-state index in [0.717, 1.165) is 24.3 Å². The van der Waals surface area contributed by atoms with Crippen LogP contribution in [-0.2, 0) is 11.2 Å². The van der Waals surface area contributed by atoms with Gasteiger partial charge in [-0.05, 0) is 37.5 Å². The molecule has 0 aliphatic rings. The molecular formula is C13H20OS. The summed E-state index contributed by atoms with van der Waals surface area (Å²) in [7, 11) is 0. The molecule has 0 saturated heterocycles. The fourth-order valence-electron chi connectivity index (χ4n) is 1.50. The fourth-order valence-corrected chi connectivity index (χ4v) is 1.76. The van der Waals surface area contributed by atoms with Crippen LogP contribution in [0.25, 0.3) is 0 Å². The van der Waals surface area contributed by atoms with Crippen LogP contribution in [0.5, 0.6) is 0 Å². The number of hydrogen-bond acceptors (Lipinski definition) is 2. The predicted octanol–water partition coefficient (Wildman–Crippen LogP) is 3.72. The Bertz CT molecular complexity index is 286. The highest BCUT2D eigenvalue weighted by Crippen LogP contribution is 2.12. The first-order valence-electron chi connectivity index (χ1n) is 5.62. The third-order valence-electron chi connectivity index (χ3n) is 2.33. The van der Waals surface area contributed by atoms with Crippen LogP contribution in [0, 0.1) is 0 Å². The summed E-state index contributed by atoms with van der Waals surface area (Å²) in [6.07, 6.45) is 3.61. The third kappa shape index (κ3) is 5.24. The van der Waals surface area contributed by atoms with Crippen molar-refractivity contribution < 1.29 is 4.74 Å². The van der Waals surface area contributed by atoms with Crippen LogP contribution in [0.1, 0.15) is 32.3 Å². The molecule has 0 N–H and O–H groups in total. The molecule has 0 spiro atoms. The van der Waals surface area contributed by atoms with E-state index in [1.165, 1.54) is 12.0 Å². The third-order valence-corrected chi connectivity index (χ3v) is 2.61. The van der Waals surface area contributed by atoms with Gasteiger partial charge in [-0.3, -0.25) is 0 Å². The molecule has 84 valence electrons. The monoisotopic (exact) mass is 224 g/mol. The Morgan fingerprint density at radius 1 is 1.40 bits per heavy atom. The van der Waals surface area contributed by atoms with E-state index < -0.39 is 0 Å². The average molecular weight is 224 g/mol. The zero-order chi connectivity index (χ0) is 11.1. The molecule has 1 rings (SSSR count). The summed E-state index contributed by atoms with van der Waals surface area (Å²) >= 11 is 4.32. The maximum absolute atomic E-state index is 5.70. The highest BCUT2D eigenvalue weighted by Gasteiger charge is 2.03. The lowest BCUT2D eigenvalue weighted by molar-refractivity contribution is 0.0644. The van der Waals surface area contributed by atoms with Gasteiger partial charge in [0, 0.05) is 11.5 Å². The number of hydrogen-bond donors (Lipinski definition) is 1. The SMILES string of the molecule is CCCCOC(C)Cc1cccc(S)c1. The van der Waals surface area contributed by atoms with Gasteiger partial charge in [0.1, 0.15) is 0 Å². The first kappa shape index (κ1) is 12.6. The summed E-state index contributed by atoms with van der Waals surface area (Å²) in [6.45, 7) is 5.18. The van der Waals surface area contributed by atoms with Gasteiger partial charge in [0.05, 0.1) is 6.10 Å². The van der Waals surface area contributed by atoms with E-state index in [4.69, 9.17) is 4.74 Å². The van der Waals surface area contributed by atoms with Crippen LogP contribution in [0.15, 0.2) is 29.2 Å². The van der Waals surface area contributed by atoms with Crippen LogP contribution < -0.4 is 0 Å². The number of ether oxygens (including phenoxy) is 1. The number of rotatable bonds is 6. The van der Waals surface area contributed by atoms with E-state index in [-0.39, 0.29) is 0 Å². The van der Waals surface area contributed by atoms with Crippen LogP contribution in [0.4, 0.5) is 0 Å². The topological polar surface area (TPSA) is 9.23 Å². The summed E-state index contributed by atoms with van der Waals surface area (Å²) in [5, 5.41) is 0. The van der Waals surface area contributed by atoms with Crippen LogP contribution >= 0.6 is 12.6 Å². The zero-order valence-corrected chi connectivity index (χ0v) is 10.5. The van der Waals surface area contributed by atoms with Crippen LogP contribution in [0.3, 0.4) is 0 Å². The molecule has 1 aromatic carbocycles. The molecule has 1 nitrogen and oxygen atoms in total.